The molecule has 4 nitrogen and oxygen atoms in total. The van der Waals surface area contributed by atoms with Gasteiger partial charge in [0.05, 0.1) is 0 Å². The third kappa shape index (κ3) is 3.50. The van der Waals surface area contributed by atoms with Crippen molar-refractivity contribution in [3.8, 4) is 5.75 Å². The summed E-state index contributed by atoms with van der Waals surface area (Å²) in [5, 5.41) is 4.84. The first-order chi connectivity index (χ1) is 7.71. The van der Waals surface area contributed by atoms with E-state index in [1.807, 2.05) is 0 Å². The molecule has 2 N–H and O–H groups in total. The molecule has 0 aliphatic carbocycles. The minimum absolute atomic E-state index is 0.0922. The highest BCUT2D eigenvalue weighted by Gasteiger charge is 2.21. The molecule has 1 rings (SSSR count). The van der Waals surface area contributed by atoms with E-state index in [1.165, 1.54) is 0 Å². The number of ether oxygens (including phenoxy) is 1. The second-order valence-electron chi connectivity index (χ2n) is 3.51. The van der Waals surface area contributed by atoms with Gasteiger partial charge in [-0.05, 0) is 18.6 Å². The second kappa shape index (κ2) is 4.80. The van der Waals surface area contributed by atoms with Gasteiger partial charge in [0.1, 0.15) is 17.3 Å². The molecule has 1 aromatic rings. The van der Waals surface area contributed by atoms with Crippen molar-refractivity contribution in [3.05, 3.63) is 35.9 Å². The fourth-order valence-electron chi connectivity index (χ4n) is 1.08. The minimum Gasteiger partial charge on any atom is -0.485 e. The van der Waals surface area contributed by atoms with Crippen molar-refractivity contribution >= 4 is 10.0 Å². The average Bonchev–Trinajstić information content (AvgIpc) is 2.13. The largest absolute Gasteiger partial charge is 0.485 e. The average molecular weight is 263 g/mol. The Morgan fingerprint density at radius 1 is 1.47 bits per heavy atom. The highest BCUT2D eigenvalue weighted by molar-refractivity contribution is 7.89. The first kappa shape index (κ1) is 13.6. The van der Waals surface area contributed by atoms with E-state index >= 15 is 0 Å². The van der Waals surface area contributed by atoms with E-state index in [0.717, 1.165) is 0 Å². The Bertz CT molecular complexity index is 555. The summed E-state index contributed by atoms with van der Waals surface area (Å²) in [6.07, 6.45) is 0. The molecule has 94 valence electrons. The third-order valence-electron chi connectivity index (χ3n) is 1.74. The maximum absolute atomic E-state index is 13.4. The summed E-state index contributed by atoms with van der Waals surface area (Å²) in [6, 6.07) is 1.12. The van der Waals surface area contributed by atoms with Gasteiger partial charge in [0.2, 0.25) is 10.0 Å². The second-order valence-corrected chi connectivity index (χ2v) is 5.04. The van der Waals surface area contributed by atoms with Crippen LogP contribution in [0.25, 0.3) is 0 Å². The third-order valence-corrected chi connectivity index (χ3v) is 2.66. The van der Waals surface area contributed by atoms with Crippen molar-refractivity contribution < 1.29 is 21.9 Å². The summed E-state index contributed by atoms with van der Waals surface area (Å²) in [5.74, 6) is -2.78. The Balaban J connectivity index is 3.31. The Morgan fingerprint density at radius 3 is 2.53 bits per heavy atom. The number of hydrogen-bond acceptors (Lipinski definition) is 3. The van der Waals surface area contributed by atoms with Gasteiger partial charge >= 0.3 is 0 Å². The van der Waals surface area contributed by atoms with Crippen molar-refractivity contribution in [3.63, 3.8) is 0 Å². The van der Waals surface area contributed by atoms with Crippen molar-refractivity contribution in [2.24, 2.45) is 5.14 Å². The lowest BCUT2D eigenvalue weighted by molar-refractivity contribution is 0.321. The van der Waals surface area contributed by atoms with Gasteiger partial charge in [-0.2, -0.15) is 0 Å². The molecule has 0 aliphatic rings. The Labute approximate surface area is 97.7 Å². The molecule has 0 aliphatic heterocycles. The van der Waals surface area contributed by atoms with E-state index in [-0.39, 0.29) is 6.61 Å². The Morgan fingerprint density at radius 2 is 2.06 bits per heavy atom. The highest BCUT2D eigenvalue weighted by Crippen LogP contribution is 2.27. The molecule has 0 aromatic heterocycles. The molecule has 0 unspecified atom stereocenters. The van der Waals surface area contributed by atoms with Crippen molar-refractivity contribution in [2.75, 3.05) is 6.61 Å². The van der Waals surface area contributed by atoms with Crippen LogP contribution >= 0.6 is 0 Å². The highest BCUT2D eigenvalue weighted by atomic mass is 32.2. The summed E-state index contributed by atoms with van der Waals surface area (Å²) < 4.78 is 53.5. The van der Waals surface area contributed by atoms with E-state index in [0.29, 0.717) is 17.7 Å². The number of rotatable bonds is 4. The van der Waals surface area contributed by atoms with E-state index in [2.05, 4.69) is 6.58 Å². The molecular weight excluding hydrogens is 252 g/mol. The normalized spacial score (nSPS) is 11.3. The fourth-order valence-corrected chi connectivity index (χ4v) is 1.78. The van der Waals surface area contributed by atoms with Crippen LogP contribution in [-0.2, 0) is 10.0 Å². The summed E-state index contributed by atoms with van der Waals surface area (Å²) in [5.41, 5.74) is 0.550. The molecular formula is C10H11F2NO3S. The molecule has 0 saturated heterocycles. The Hall–Kier alpha value is -1.47. The van der Waals surface area contributed by atoms with E-state index in [4.69, 9.17) is 9.88 Å². The molecule has 0 bridgehead atoms. The standard InChI is InChI=1S/C10H11F2NO3S/c1-6(2)5-16-10-8(12)3-7(11)4-9(10)17(13,14)15/h3-4H,1,5H2,2H3,(H2,13,14,15). The zero-order valence-electron chi connectivity index (χ0n) is 9.04. The summed E-state index contributed by atoms with van der Waals surface area (Å²) in [6.45, 7) is 5.02. The lowest BCUT2D eigenvalue weighted by atomic mass is 10.3. The zero-order valence-corrected chi connectivity index (χ0v) is 9.85. The topological polar surface area (TPSA) is 69.4 Å². The van der Waals surface area contributed by atoms with Gasteiger partial charge < -0.3 is 4.74 Å². The van der Waals surface area contributed by atoms with Gasteiger partial charge in [-0.25, -0.2) is 22.3 Å². The number of nitrogens with two attached hydrogens (primary N) is 1. The molecule has 0 heterocycles. The molecule has 7 heteroatoms. The van der Waals surface area contributed by atoms with Gasteiger partial charge in [0, 0.05) is 6.07 Å². The van der Waals surface area contributed by atoms with Crippen molar-refractivity contribution in [1.29, 1.82) is 0 Å². The molecule has 0 spiro atoms. The quantitative estimate of drug-likeness (QED) is 0.838. The minimum atomic E-state index is -4.26. The van der Waals surface area contributed by atoms with Crippen molar-refractivity contribution in [1.82, 2.24) is 0 Å². The number of benzene rings is 1. The van der Waals surface area contributed by atoms with Crippen LogP contribution in [0.15, 0.2) is 29.2 Å². The number of sulfonamides is 1. The van der Waals surface area contributed by atoms with Crippen LogP contribution in [0.5, 0.6) is 5.75 Å². The smallest absolute Gasteiger partial charge is 0.241 e. The van der Waals surface area contributed by atoms with Crippen LogP contribution in [0.4, 0.5) is 8.78 Å². The molecule has 0 amide bonds. The lowest BCUT2D eigenvalue weighted by Gasteiger charge is -2.11. The maximum Gasteiger partial charge on any atom is 0.241 e. The van der Waals surface area contributed by atoms with Crippen LogP contribution < -0.4 is 9.88 Å². The molecule has 0 atom stereocenters. The maximum atomic E-state index is 13.4. The van der Waals surface area contributed by atoms with Crippen LogP contribution in [-0.4, -0.2) is 15.0 Å². The van der Waals surface area contributed by atoms with E-state index in [1.54, 1.807) is 6.92 Å². The van der Waals surface area contributed by atoms with Crippen LogP contribution in [0.1, 0.15) is 6.92 Å². The molecule has 0 saturated carbocycles. The Kier molecular flexibility index (Phi) is 3.84. The monoisotopic (exact) mass is 263 g/mol. The molecule has 0 fully saturated rings. The van der Waals surface area contributed by atoms with Gasteiger partial charge in [-0.15, -0.1) is 0 Å². The van der Waals surface area contributed by atoms with E-state index < -0.39 is 32.3 Å². The van der Waals surface area contributed by atoms with Crippen LogP contribution in [0.2, 0.25) is 0 Å². The van der Waals surface area contributed by atoms with Crippen LogP contribution in [0, 0.1) is 11.6 Å². The summed E-state index contributed by atoms with van der Waals surface area (Å²) in [4.78, 5) is -0.726. The first-order valence-electron chi connectivity index (χ1n) is 4.51. The molecule has 0 radical (unpaired) electrons. The van der Waals surface area contributed by atoms with Gasteiger partial charge in [-0.3, -0.25) is 0 Å². The van der Waals surface area contributed by atoms with Crippen molar-refractivity contribution in [2.45, 2.75) is 11.8 Å². The zero-order chi connectivity index (χ0) is 13.2. The predicted molar refractivity (Wildman–Crippen MR) is 58.0 cm³/mol. The summed E-state index contributed by atoms with van der Waals surface area (Å²) >= 11 is 0. The molecule has 17 heavy (non-hydrogen) atoms. The predicted octanol–water partition coefficient (Wildman–Crippen LogP) is 1.57. The van der Waals surface area contributed by atoms with E-state index in [9.17, 15) is 17.2 Å². The number of halogens is 2. The lowest BCUT2D eigenvalue weighted by Crippen LogP contribution is -2.15. The van der Waals surface area contributed by atoms with Crippen LogP contribution in [0.3, 0.4) is 0 Å². The fraction of sp³-hybridized carbons (Fsp3) is 0.200. The number of hydrogen-bond donors (Lipinski definition) is 1. The van der Waals surface area contributed by atoms with Gasteiger partial charge in [0.25, 0.3) is 0 Å². The summed E-state index contributed by atoms with van der Waals surface area (Å²) in [7, 11) is -4.26. The molecule has 1 aromatic carbocycles. The van der Waals surface area contributed by atoms with Gasteiger partial charge in [-0.1, -0.05) is 6.58 Å². The SMILES string of the molecule is C=C(C)COc1c(F)cc(F)cc1S(N)(=O)=O. The van der Waals surface area contributed by atoms with Gasteiger partial charge in [0.15, 0.2) is 11.6 Å². The first-order valence-corrected chi connectivity index (χ1v) is 6.05. The number of primary sulfonamides is 1.